The van der Waals surface area contributed by atoms with Crippen molar-refractivity contribution in [2.75, 3.05) is 13.1 Å². The van der Waals surface area contributed by atoms with Gasteiger partial charge < -0.3 is 10.3 Å². The molecule has 1 saturated heterocycles. The number of nitrogens with zero attached hydrogens (tertiary/aromatic N) is 5. The Morgan fingerprint density at radius 2 is 1.65 bits per heavy atom. The third-order valence-electron chi connectivity index (χ3n) is 5.36. The number of aromatic nitrogens is 6. The molecule has 1 aliphatic rings. The van der Waals surface area contributed by atoms with Gasteiger partial charge in [-0.3, -0.25) is 9.97 Å². The first kappa shape index (κ1) is 19.6. The number of piperidine rings is 1. The molecular weight excluding hydrogens is 407 g/mol. The van der Waals surface area contributed by atoms with Crippen LogP contribution in [-0.4, -0.2) is 43.0 Å². The molecule has 4 aromatic rings. The van der Waals surface area contributed by atoms with Gasteiger partial charge in [0.15, 0.2) is 0 Å². The molecular formula is C21H18F3N7. The summed E-state index contributed by atoms with van der Waals surface area (Å²) >= 11 is 0. The first-order valence-corrected chi connectivity index (χ1v) is 9.91. The molecule has 0 aliphatic carbocycles. The van der Waals surface area contributed by atoms with Gasteiger partial charge in [0, 0.05) is 30.1 Å². The van der Waals surface area contributed by atoms with Crippen molar-refractivity contribution in [2.45, 2.75) is 24.9 Å². The van der Waals surface area contributed by atoms with E-state index in [2.05, 4.69) is 30.2 Å². The number of alkyl halides is 3. The zero-order chi connectivity index (χ0) is 21.4. The lowest BCUT2D eigenvalue weighted by atomic mass is 9.98. The Kier molecular flexibility index (Phi) is 4.85. The van der Waals surface area contributed by atoms with E-state index in [9.17, 15) is 13.2 Å². The molecule has 0 saturated carbocycles. The highest BCUT2D eigenvalue weighted by Crippen LogP contribution is 2.35. The number of rotatable bonds is 3. The van der Waals surface area contributed by atoms with Gasteiger partial charge in [-0.1, -0.05) is 6.07 Å². The molecule has 0 amide bonds. The van der Waals surface area contributed by atoms with Crippen LogP contribution in [0.15, 0.2) is 42.9 Å². The summed E-state index contributed by atoms with van der Waals surface area (Å²) < 4.78 is 39.6. The third kappa shape index (κ3) is 3.86. The van der Waals surface area contributed by atoms with Crippen molar-refractivity contribution in [1.82, 2.24) is 35.2 Å². The molecule has 5 rings (SSSR count). The Morgan fingerprint density at radius 1 is 0.871 bits per heavy atom. The molecule has 2 N–H and O–H groups in total. The van der Waals surface area contributed by atoms with E-state index in [4.69, 9.17) is 4.98 Å². The Balaban J connectivity index is 1.66. The van der Waals surface area contributed by atoms with Gasteiger partial charge in [-0.25, -0.2) is 15.0 Å². The van der Waals surface area contributed by atoms with Gasteiger partial charge in [-0.15, -0.1) is 0 Å². The molecule has 10 heteroatoms. The molecule has 1 aromatic carbocycles. The summed E-state index contributed by atoms with van der Waals surface area (Å²) in [5, 5.41) is 3.31. The molecule has 3 aromatic heterocycles. The lowest BCUT2D eigenvalue weighted by molar-refractivity contribution is -0.144. The van der Waals surface area contributed by atoms with E-state index in [1.807, 2.05) is 18.2 Å². The topological polar surface area (TPSA) is 92.3 Å². The van der Waals surface area contributed by atoms with Crippen molar-refractivity contribution in [3.05, 3.63) is 54.5 Å². The highest BCUT2D eigenvalue weighted by atomic mass is 19.4. The first-order chi connectivity index (χ1) is 15.0. The fourth-order valence-electron chi connectivity index (χ4n) is 3.82. The van der Waals surface area contributed by atoms with E-state index in [0.29, 0.717) is 16.9 Å². The summed E-state index contributed by atoms with van der Waals surface area (Å²) in [5.41, 5.74) is 3.24. The van der Waals surface area contributed by atoms with Gasteiger partial charge in [0.25, 0.3) is 0 Å². The van der Waals surface area contributed by atoms with Crippen LogP contribution in [0.1, 0.15) is 30.4 Å². The number of halogens is 3. The molecule has 0 bridgehead atoms. The van der Waals surface area contributed by atoms with Crippen molar-refractivity contribution in [1.29, 1.82) is 0 Å². The molecule has 0 atom stereocenters. The van der Waals surface area contributed by atoms with Crippen LogP contribution >= 0.6 is 0 Å². The molecule has 7 nitrogen and oxygen atoms in total. The molecule has 31 heavy (non-hydrogen) atoms. The minimum atomic E-state index is -4.63. The van der Waals surface area contributed by atoms with Gasteiger partial charge in [0.2, 0.25) is 5.82 Å². The second kappa shape index (κ2) is 7.69. The Hall–Kier alpha value is -3.40. The van der Waals surface area contributed by atoms with Gasteiger partial charge in [0.05, 0.1) is 28.1 Å². The van der Waals surface area contributed by atoms with Crippen LogP contribution in [-0.2, 0) is 6.18 Å². The Bertz CT molecular complexity index is 1230. The van der Waals surface area contributed by atoms with E-state index in [1.165, 1.54) is 6.07 Å². The fraction of sp³-hybridized carbons (Fsp3) is 0.286. The number of hydrogen-bond donors (Lipinski definition) is 2. The average Bonchev–Trinajstić information content (AvgIpc) is 3.24. The van der Waals surface area contributed by atoms with Crippen LogP contribution in [0, 0.1) is 0 Å². The predicted molar refractivity (Wildman–Crippen MR) is 108 cm³/mol. The van der Waals surface area contributed by atoms with Crippen LogP contribution in [0.4, 0.5) is 13.2 Å². The molecule has 0 radical (unpaired) electrons. The largest absolute Gasteiger partial charge is 0.451 e. The summed E-state index contributed by atoms with van der Waals surface area (Å²) in [6, 6.07) is 6.95. The molecule has 158 valence electrons. The maximum atomic E-state index is 13.2. The van der Waals surface area contributed by atoms with Gasteiger partial charge in [-0.05, 0) is 44.1 Å². The van der Waals surface area contributed by atoms with Crippen molar-refractivity contribution >= 4 is 11.0 Å². The predicted octanol–water partition coefficient (Wildman–Crippen LogP) is 3.96. The van der Waals surface area contributed by atoms with Crippen molar-refractivity contribution < 1.29 is 13.2 Å². The molecule has 1 fully saturated rings. The fourth-order valence-corrected chi connectivity index (χ4v) is 3.82. The van der Waals surface area contributed by atoms with E-state index in [0.717, 1.165) is 49.0 Å². The van der Waals surface area contributed by atoms with Crippen LogP contribution in [0.3, 0.4) is 0 Å². The van der Waals surface area contributed by atoms with Crippen LogP contribution in [0.25, 0.3) is 33.7 Å². The lowest BCUT2D eigenvalue weighted by Crippen LogP contribution is -2.27. The number of imidazole rings is 1. The highest BCUT2D eigenvalue weighted by molar-refractivity contribution is 5.84. The van der Waals surface area contributed by atoms with Crippen LogP contribution < -0.4 is 5.32 Å². The monoisotopic (exact) mass is 425 g/mol. The summed E-state index contributed by atoms with van der Waals surface area (Å²) in [6.45, 7) is 1.74. The van der Waals surface area contributed by atoms with Crippen molar-refractivity contribution in [3.63, 3.8) is 0 Å². The van der Waals surface area contributed by atoms with Gasteiger partial charge in [0.1, 0.15) is 5.82 Å². The number of benzene rings is 1. The summed E-state index contributed by atoms with van der Waals surface area (Å²) in [6.07, 6.45) is 1.48. The summed E-state index contributed by atoms with van der Waals surface area (Å²) in [7, 11) is 0. The molecule has 4 heterocycles. The van der Waals surface area contributed by atoms with Crippen LogP contribution in [0.5, 0.6) is 0 Å². The minimum absolute atomic E-state index is 0.143. The van der Waals surface area contributed by atoms with E-state index >= 15 is 0 Å². The first-order valence-electron chi connectivity index (χ1n) is 9.91. The Morgan fingerprint density at radius 3 is 2.42 bits per heavy atom. The normalized spacial score (nSPS) is 15.5. The maximum absolute atomic E-state index is 13.2. The van der Waals surface area contributed by atoms with Gasteiger partial charge >= 0.3 is 6.18 Å². The van der Waals surface area contributed by atoms with Gasteiger partial charge in [-0.2, -0.15) is 13.2 Å². The lowest BCUT2D eigenvalue weighted by Gasteiger charge is -2.20. The Labute approximate surface area is 175 Å². The van der Waals surface area contributed by atoms with Crippen molar-refractivity contribution in [3.8, 4) is 22.6 Å². The van der Waals surface area contributed by atoms with Crippen molar-refractivity contribution in [2.24, 2.45) is 0 Å². The second-order valence-corrected chi connectivity index (χ2v) is 7.39. The maximum Gasteiger partial charge on any atom is 0.451 e. The molecule has 0 spiro atoms. The summed E-state index contributed by atoms with van der Waals surface area (Å²) in [5.74, 6) is -0.241. The van der Waals surface area contributed by atoms with Crippen LogP contribution in [0.2, 0.25) is 0 Å². The molecule has 1 aliphatic heterocycles. The minimum Gasteiger partial charge on any atom is -0.340 e. The SMILES string of the molecule is FC(F)(F)c1nccc(-c2[nH]c(C3CCNCC3)nc2-c2ccc3nccnc3c2)n1. The smallest absolute Gasteiger partial charge is 0.340 e. The second-order valence-electron chi connectivity index (χ2n) is 7.39. The number of aromatic amines is 1. The quantitative estimate of drug-likeness (QED) is 0.516. The highest BCUT2D eigenvalue weighted by Gasteiger charge is 2.35. The van der Waals surface area contributed by atoms with E-state index in [1.54, 1.807) is 12.4 Å². The van der Waals surface area contributed by atoms with E-state index in [-0.39, 0.29) is 11.6 Å². The number of nitrogens with one attached hydrogen (secondary N) is 2. The molecule has 0 unspecified atom stereocenters. The average molecular weight is 425 g/mol. The number of H-pyrrole nitrogens is 1. The number of fused-ring (bicyclic) bond motifs is 1. The third-order valence-corrected chi connectivity index (χ3v) is 5.36. The summed E-state index contributed by atoms with van der Waals surface area (Å²) in [4.78, 5) is 23.8. The van der Waals surface area contributed by atoms with E-state index < -0.39 is 12.0 Å². The zero-order valence-corrected chi connectivity index (χ0v) is 16.3. The standard InChI is InChI=1S/C21H18F3N7/c22-21(23,24)20-28-8-5-15(29-20)18-17(30-19(31-18)12-3-6-25-7-4-12)13-1-2-14-16(11-13)27-10-9-26-14/h1-2,5,8-12,25H,3-4,6-7H2,(H,30,31). The number of hydrogen-bond acceptors (Lipinski definition) is 6. The zero-order valence-electron chi connectivity index (χ0n) is 16.3.